The van der Waals surface area contributed by atoms with Crippen molar-refractivity contribution in [3.05, 3.63) is 78.5 Å². The molecule has 0 unspecified atom stereocenters. The van der Waals surface area contributed by atoms with Gasteiger partial charge in [-0.1, -0.05) is 18.2 Å². The fourth-order valence-electron chi connectivity index (χ4n) is 3.56. The van der Waals surface area contributed by atoms with Gasteiger partial charge in [-0.3, -0.25) is 14.1 Å². The van der Waals surface area contributed by atoms with E-state index in [1.54, 1.807) is 55.7 Å². The van der Waals surface area contributed by atoms with Crippen molar-refractivity contribution in [1.29, 1.82) is 5.26 Å². The predicted octanol–water partition coefficient (Wildman–Crippen LogP) is 3.20. The van der Waals surface area contributed by atoms with Crippen molar-refractivity contribution in [1.82, 2.24) is 15.0 Å². The van der Waals surface area contributed by atoms with Gasteiger partial charge in [-0.05, 0) is 37.3 Å². The van der Waals surface area contributed by atoms with E-state index in [1.165, 1.54) is 18.3 Å². The summed E-state index contributed by atoms with van der Waals surface area (Å²) in [5.74, 6) is -0.109. The van der Waals surface area contributed by atoms with Crippen LogP contribution in [-0.4, -0.2) is 42.5 Å². The Morgan fingerprint density at radius 3 is 2.74 bits per heavy atom. The number of H-pyrrole nitrogens is 1. The van der Waals surface area contributed by atoms with Crippen LogP contribution in [0.5, 0.6) is 0 Å². The molecule has 0 atom stereocenters. The van der Waals surface area contributed by atoms with Gasteiger partial charge in [0.25, 0.3) is 10.0 Å². The standard InChI is InChI=1S/C24H22N6O4S/c1-2-34-23(31)16-30(35(32,33)21-7-3-5-18-6-4-10-28-24(18)21)20-13-17(14-25)8-9-19(20)29-15-22-26-11-12-27-22/h3-13,29H,2,15-16H2,1H3,(H,26,27). The number of carbonyl (C=O) groups is 1. The number of pyridine rings is 1. The average molecular weight is 491 g/mol. The summed E-state index contributed by atoms with van der Waals surface area (Å²) < 4.78 is 34.1. The van der Waals surface area contributed by atoms with Crippen LogP contribution >= 0.6 is 0 Å². The molecule has 0 aliphatic rings. The van der Waals surface area contributed by atoms with Crippen molar-refractivity contribution in [3.8, 4) is 6.07 Å². The molecule has 0 fully saturated rings. The van der Waals surface area contributed by atoms with Gasteiger partial charge in [0, 0.05) is 24.0 Å². The number of aromatic amines is 1. The lowest BCUT2D eigenvalue weighted by Gasteiger charge is -2.26. The number of nitrogens with zero attached hydrogens (tertiary/aromatic N) is 4. The molecule has 0 aliphatic heterocycles. The normalized spacial score (nSPS) is 11.1. The number of nitrogens with one attached hydrogen (secondary N) is 2. The zero-order chi connectivity index (χ0) is 24.8. The Labute approximate surface area is 202 Å². The van der Waals surface area contributed by atoms with Crippen LogP contribution in [0.4, 0.5) is 11.4 Å². The number of para-hydroxylation sites is 1. The van der Waals surface area contributed by atoms with Crippen molar-refractivity contribution in [3.63, 3.8) is 0 Å². The smallest absolute Gasteiger partial charge is 0.326 e. The highest BCUT2D eigenvalue weighted by Crippen LogP contribution is 2.34. The highest BCUT2D eigenvalue weighted by Gasteiger charge is 2.31. The quantitative estimate of drug-likeness (QED) is 0.341. The molecule has 0 spiro atoms. The van der Waals surface area contributed by atoms with Crippen LogP contribution in [0.3, 0.4) is 0 Å². The number of anilines is 2. The number of aromatic nitrogens is 3. The van der Waals surface area contributed by atoms with Gasteiger partial charge in [-0.25, -0.2) is 13.4 Å². The number of rotatable bonds is 9. The number of hydrogen-bond donors (Lipinski definition) is 2. The van der Waals surface area contributed by atoms with Gasteiger partial charge in [-0.2, -0.15) is 5.26 Å². The topological polar surface area (TPSA) is 141 Å². The SMILES string of the molecule is CCOC(=O)CN(c1cc(C#N)ccc1NCc1ncc[nH]1)S(=O)(=O)c1cccc2cccnc12. The summed E-state index contributed by atoms with van der Waals surface area (Å²) >= 11 is 0. The number of esters is 1. The van der Waals surface area contributed by atoms with Gasteiger partial charge in [0.2, 0.25) is 0 Å². The Hall–Kier alpha value is -4.43. The summed E-state index contributed by atoms with van der Waals surface area (Å²) in [7, 11) is -4.32. The van der Waals surface area contributed by atoms with Crippen LogP contribution in [0.1, 0.15) is 18.3 Å². The highest BCUT2D eigenvalue weighted by atomic mass is 32.2. The van der Waals surface area contributed by atoms with Crippen molar-refractivity contribution in [2.45, 2.75) is 18.4 Å². The minimum absolute atomic E-state index is 0.0701. The van der Waals surface area contributed by atoms with Crippen LogP contribution < -0.4 is 9.62 Å². The first-order chi connectivity index (χ1) is 16.9. The molecule has 11 heteroatoms. The molecule has 10 nitrogen and oxygen atoms in total. The minimum atomic E-state index is -4.32. The molecule has 0 saturated heterocycles. The van der Waals surface area contributed by atoms with E-state index in [2.05, 4.69) is 20.3 Å². The Balaban J connectivity index is 1.86. The molecule has 2 N–H and O–H groups in total. The largest absolute Gasteiger partial charge is 0.465 e. The maximum atomic E-state index is 14.0. The van der Waals surface area contributed by atoms with Gasteiger partial charge in [0.15, 0.2) is 0 Å². The van der Waals surface area contributed by atoms with Crippen LogP contribution in [0.25, 0.3) is 10.9 Å². The molecule has 2 heterocycles. The van der Waals surface area contributed by atoms with Crippen LogP contribution in [0.15, 0.2) is 72.0 Å². The number of nitriles is 1. The van der Waals surface area contributed by atoms with E-state index in [0.29, 0.717) is 16.9 Å². The Bertz CT molecular complexity index is 1490. The molecule has 0 amide bonds. The first-order valence-corrected chi connectivity index (χ1v) is 12.2. The summed E-state index contributed by atoms with van der Waals surface area (Å²) in [6.45, 7) is 1.39. The second-order valence-corrected chi connectivity index (χ2v) is 9.21. The maximum Gasteiger partial charge on any atom is 0.326 e. The fraction of sp³-hybridized carbons (Fsp3) is 0.167. The molecule has 178 valence electrons. The molecule has 0 radical (unpaired) electrons. The van der Waals surface area contributed by atoms with Gasteiger partial charge >= 0.3 is 5.97 Å². The zero-order valence-electron chi connectivity index (χ0n) is 18.8. The van der Waals surface area contributed by atoms with Crippen LogP contribution in [0, 0.1) is 11.3 Å². The fourth-order valence-corrected chi connectivity index (χ4v) is 5.15. The third kappa shape index (κ3) is 5.07. The number of sulfonamides is 1. The second kappa shape index (κ2) is 10.2. The molecule has 4 rings (SSSR count). The summed E-state index contributed by atoms with van der Waals surface area (Å²) in [4.78, 5) is 23.8. The molecule has 2 aromatic carbocycles. The third-order valence-electron chi connectivity index (χ3n) is 5.14. The van der Waals surface area contributed by atoms with Crippen molar-refractivity contribution in [2.75, 3.05) is 22.8 Å². The summed E-state index contributed by atoms with van der Waals surface area (Å²) in [6, 6.07) is 14.9. The van der Waals surface area contributed by atoms with E-state index in [-0.39, 0.29) is 34.8 Å². The van der Waals surface area contributed by atoms with Gasteiger partial charge in [0.1, 0.15) is 17.3 Å². The Morgan fingerprint density at radius 1 is 1.17 bits per heavy atom. The van der Waals surface area contributed by atoms with E-state index in [4.69, 9.17) is 4.74 Å². The molecule has 35 heavy (non-hydrogen) atoms. The Morgan fingerprint density at radius 2 is 2.00 bits per heavy atom. The lowest BCUT2D eigenvalue weighted by atomic mass is 10.2. The third-order valence-corrected chi connectivity index (χ3v) is 6.93. The van der Waals surface area contributed by atoms with E-state index in [0.717, 1.165) is 4.31 Å². The average Bonchev–Trinajstić information content (AvgIpc) is 3.39. The van der Waals surface area contributed by atoms with Crippen LogP contribution in [0.2, 0.25) is 0 Å². The number of fused-ring (bicyclic) bond motifs is 1. The maximum absolute atomic E-state index is 14.0. The van der Waals surface area contributed by atoms with Gasteiger partial charge in [0.05, 0.1) is 41.7 Å². The molecular formula is C24H22N6O4S. The van der Waals surface area contributed by atoms with Gasteiger partial charge < -0.3 is 15.0 Å². The molecule has 0 bridgehead atoms. The number of benzene rings is 2. The van der Waals surface area contributed by atoms with Gasteiger partial charge in [-0.15, -0.1) is 0 Å². The predicted molar refractivity (Wildman–Crippen MR) is 130 cm³/mol. The number of imidazole rings is 1. The minimum Gasteiger partial charge on any atom is -0.465 e. The molecule has 0 aliphatic carbocycles. The van der Waals surface area contributed by atoms with Crippen molar-refractivity contribution < 1.29 is 17.9 Å². The summed E-state index contributed by atoms with van der Waals surface area (Å²) in [5, 5.41) is 13.3. The zero-order valence-corrected chi connectivity index (χ0v) is 19.6. The monoisotopic (exact) mass is 490 g/mol. The summed E-state index contributed by atoms with van der Waals surface area (Å²) in [5.41, 5.74) is 1.01. The lowest BCUT2D eigenvalue weighted by Crippen LogP contribution is -2.37. The van der Waals surface area contributed by atoms with Crippen molar-refractivity contribution >= 4 is 38.3 Å². The number of ether oxygens (including phenoxy) is 1. The van der Waals surface area contributed by atoms with E-state index in [1.807, 2.05) is 6.07 Å². The lowest BCUT2D eigenvalue weighted by molar-refractivity contribution is -0.141. The summed E-state index contributed by atoms with van der Waals surface area (Å²) in [6.07, 6.45) is 4.77. The van der Waals surface area contributed by atoms with Crippen LogP contribution in [-0.2, 0) is 26.1 Å². The number of carbonyl (C=O) groups excluding carboxylic acids is 1. The highest BCUT2D eigenvalue weighted by molar-refractivity contribution is 7.93. The molecule has 4 aromatic rings. The second-order valence-electron chi connectivity index (χ2n) is 7.38. The van der Waals surface area contributed by atoms with E-state index >= 15 is 0 Å². The Kier molecular flexibility index (Phi) is 6.93. The first-order valence-electron chi connectivity index (χ1n) is 10.7. The molecule has 2 aromatic heterocycles. The molecule has 0 saturated carbocycles. The number of hydrogen-bond acceptors (Lipinski definition) is 8. The van der Waals surface area contributed by atoms with E-state index in [9.17, 15) is 18.5 Å². The van der Waals surface area contributed by atoms with E-state index < -0.39 is 22.5 Å². The molecular weight excluding hydrogens is 468 g/mol. The first kappa shape index (κ1) is 23.7. The van der Waals surface area contributed by atoms with Crippen molar-refractivity contribution in [2.24, 2.45) is 0 Å².